The molecule has 1 aromatic rings. The van der Waals surface area contributed by atoms with E-state index in [4.69, 9.17) is 28.9 Å². The van der Waals surface area contributed by atoms with Crippen molar-refractivity contribution in [2.24, 2.45) is 11.7 Å². The molecule has 1 aromatic carbocycles. The summed E-state index contributed by atoms with van der Waals surface area (Å²) >= 11 is 11.7. The second-order valence-electron chi connectivity index (χ2n) is 4.06. The van der Waals surface area contributed by atoms with Gasteiger partial charge in [-0.15, -0.1) is 12.4 Å². The Hall–Kier alpha value is -0.150. The van der Waals surface area contributed by atoms with Crippen molar-refractivity contribution in [3.8, 4) is 5.75 Å². The Labute approximate surface area is 112 Å². The van der Waals surface area contributed by atoms with E-state index in [0.29, 0.717) is 16.5 Å². The van der Waals surface area contributed by atoms with E-state index in [1.807, 2.05) is 0 Å². The first-order valence-corrected chi connectivity index (χ1v) is 5.61. The van der Waals surface area contributed by atoms with Crippen LogP contribution in [0.2, 0.25) is 10.0 Å². The quantitative estimate of drug-likeness (QED) is 0.875. The third kappa shape index (κ3) is 4.02. The number of rotatable bonds is 3. The lowest BCUT2D eigenvalue weighted by molar-refractivity contribution is 0.445. The van der Waals surface area contributed by atoms with E-state index >= 15 is 0 Å². The molecule has 0 aromatic heterocycles. The smallest absolute Gasteiger partial charge is 0.139 e. The molecule has 2 nitrogen and oxygen atoms in total. The first-order valence-electron chi connectivity index (χ1n) is 4.85. The van der Waals surface area contributed by atoms with Crippen LogP contribution in [-0.4, -0.2) is 5.11 Å². The van der Waals surface area contributed by atoms with Crippen LogP contribution in [0.15, 0.2) is 12.1 Å². The van der Waals surface area contributed by atoms with Gasteiger partial charge in [0.1, 0.15) is 5.75 Å². The van der Waals surface area contributed by atoms with Crippen LogP contribution in [0, 0.1) is 5.92 Å². The zero-order chi connectivity index (χ0) is 11.6. The zero-order valence-corrected chi connectivity index (χ0v) is 11.5. The summed E-state index contributed by atoms with van der Waals surface area (Å²) in [5.41, 5.74) is 6.57. The van der Waals surface area contributed by atoms with Crippen LogP contribution in [-0.2, 0) is 0 Å². The van der Waals surface area contributed by atoms with Gasteiger partial charge in [-0.2, -0.15) is 0 Å². The van der Waals surface area contributed by atoms with Crippen LogP contribution < -0.4 is 5.73 Å². The average molecular weight is 285 g/mol. The van der Waals surface area contributed by atoms with Crippen LogP contribution in [0.3, 0.4) is 0 Å². The lowest BCUT2D eigenvalue weighted by Gasteiger charge is -2.16. The molecule has 0 saturated heterocycles. The summed E-state index contributed by atoms with van der Waals surface area (Å²) < 4.78 is 0. The van der Waals surface area contributed by atoms with Crippen molar-refractivity contribution in [2.75, 3.05) is 0 Å². The van der Waals surface area contributed by atoms with Gasteiger partial charge >= 0.3 is 0 Å². The van der Waals surface area contributed by atoms with Crippen molar-refractivity contribution < 1.29 is 5.11 Å². The third-order valence-corrected chi connectivity index (χ3v) is 2.69. The van der Waals surface area contributed by atoms with Gasteiger partial charge in [0, 0.05) is 16.6 Å². The number of benzene rings is 1. The van der Waals surface area contributed by atoms with Gasteiger partial charge in [0.05, 0.1) is 5.02 Å². The number of hydrogen-bond acceptors (Lipinski definition) is 2. The second kappa shape index (κ2) is 6.55. The van der Waals surface area contributed by atoms with Crippen molar-refractivity contribution in [1.82, 2.24) is 0 Å². The molecule has 0 bridgehead atoms. The fourth-order valence-electron chi connectivity index (χ4n) is 1.50. The Kier molecular flexibility index (Phi) is 6.49. The number of aromatic hydroxyl groups is 1. The molecular formula is C11H16Cl3NO. The van der Waals surface area contributed by atoms with Gasteiger partial charge in [-0.1, -0.05) is 37.0 Å². The van der Waals surface area contributed by atoms with Crippen LogP contribution in [0.1, 0.15) is 31.9 Å². The maximum Gasteiger partial charge on any atom is 0.139 e. The fourth-order valence-corrected chi connectivity index (χ4v) is 2.01. The van der Waals surface area contributed by atoms with E-state index in [0.717, 1.165) is 6.42 Å². The van der Waals surface area contributed by atoms with Crippen molar-refractivity contribution >= 4 is 35.6 Å². The van der Waals surface area contributed by atoms with Crippen molar-refractivity contribution in [3.63, 3.8) is 0 Å². The van der Waals surface area contributed by atoms with Crippen molar-refractivity contribution in [1.29, 1.82) is 0 Å². The Balaban J connectivity index is 0.00000225. The number of phenolic OH excluding ortho intramolecular Hbond substituents is 1. The average Bonchev–Trinajstić information content (AvgIpc) is 2.09. The number of hydrogen-bond donors (Lipinski definition) is 2. The van der Waals surface area contributed by atoms with Gasteiger partial charge in [-0.25, -0.2) is 0 Å². The van der Waals surface area contributed by atoms with Gasteiger partial charge in [0.25, 0.3) is 0 Å². The first-order chi connectivity index (χ1) is 6.91. The van der Waals surface area contributed by atoms with Gasteiger partial charge in [-0.3, -0.25) is 0 Å². The molecule has 1 atom stereocenters. The molecule has 0 aliphatic heterocycles. The first kappa shape index (κ1) is 15.9. The second-order valence-corrected chi connectivity index (χ2v) is 4.91. The van der Waals surface area contributed by atoms with Crippen molar-refractivity contribution in [3.05, 3.63) is 27.7 Å². The summed E-state index contributed by atoms with van der Waals surface area (Å²) in [5, 5.41) is 10.5. The predicted octanol–water partition coefficient (Wildman–Crippen LogP) is 4.17. The summed E-state index contributed by atoms with van der Waals surface area (Å²) in [6, 6.07) is 2.93. The Morgan fingerprint density at radius 1 is 1.31 bits per heavy atom. The van der Waals surface area contributed by atoms with Crippen molar-refractivity contribution in [2.45, 2.75) is 26.3 Å². The number of halogens is 3. The number of nitrogens with two attached hydrogens (primary N) is 1. The topological polar surface area (TPSA) is 46.2 Å². The fraction of sp³-hybridized carbons (Fsp3) is 0.455. The van der Waals surface area contributed by atoms with Crippen LogP contribution in [0.25, 0.3) is 0 Å². The van der Waals surface area contributed by atoms with E-state index in [-0.39, 0.29) is 29.2 Å². The summed E-state index contributed by atoms with van der Waals surface area (Å²) in [4.78, 5) is 0. The molecule has 0 fully saturated rings. The monoisotopic (exact) mass is 283 g/mol. The molecule has 0 radical (unpaired) electrons. The highest BCUT2D eigenvalue weighted by Gasteiger charge is 2.15. The van der Waals surface area contributed by atoms with E-state index in [9.17, 15) is 5.11 Å². The normalized spacial score (nSPS) is 12.4. The van der Waals surface area contributed by atoms with Gasteiger partial charge in [0.2, 0.25) is 0 Å². The molecule has 0 spiro atoms. The van der Waals surface area contributed by atoms with Crippen LogP contribution in [0.5, 0.6) is 5.75 Å². The predicted molar refractivity (Wildman–Crippen MR) is 71.8 cm³/mol. The molecule has 0 aliphatic carbocycles. The highest BCUT2D eigenvalue weighted by molar-refractivity contribution is 6.35. The minimum atomic E-state index is -0.235. The molecule has 0 aliphatic rings. The standard InChI is InChI=1S/C11H15Cl2NO.ClH/c1-6(2)3-10(14)8-4-7(12)5-9(13)11(8)15;/h4-6,10,15H,3,14H2,1-2H3;1H/t10-;/m1./s1. The van der Waals surface area contributed by atoms with E-state index < -0.39 is 0 Å². The SMILES string of the molecule is CC(C)C[C@@H](N)c1cc(Cl)cc(Cl)c1O.Cl. The molecule has 5 heteroatoms. The molecule has 0 amide bonds. The maximum atomic E-state index is 9.73. The highest BCUT2D eigenvalue weighted by Crippen LogP contribution is 2.35. The highest BCUT2D eigenvalue weighted by atomic mass is 35.5. The molecule has 0 heterocycles. The minimum Gasteiger partial charge on any atom is -0.506 e. The molecule has 0 saturated carbocycles. The Morgan fingerprint density at radius 3 is 2.38 bits per heavy atom. The molecule has 92 valence electrons. The molecular weight excluding hydrogens is 268 g/mol. The zero-order valence-electron chi connectivity index (χ0n) is 9.21. The third-order valence-electron chi connectivity index (χ3n) is 2.18. The maximum absolute atomic E-state index is 9.73. The van der Waals surface area contributed by atoms with Gasteiger partial charge < -0.3 is 10.8 Å². The Bertz CT molecular complexity index is 355. The Morgan fingerprint density at radius 2 is 1.88 bits per heavy atom. The van der Waals surface area contributed by atoms with Crippen LogP contribution >= 0.6 is 35.6 Å². The molecule has 16 heavy (non-hydrogen) atoms. The number of phenols is 1. The minimum absolute atomic E-state index is 0. The van der Waals surface area contributed by atoms with Crippen LogP contribution in [0.4, 0.5) is 0 Å². The lowest BCUT2D eigenvalue weighted by Crippen LogP contribution is -2.13. The molecule has 0 unspecified atom stereocenters. The molecule has 1 rings (SSSR count). The van der Waals surface area contributed by atoms with E-state index in [1.54, 1.807) is 6.07 Å². The van der Waals surface area contributed by atoms with E-state index in [2.05, 4.69) is 13.8 Å². The summed E-state index contributed by atoms with van der Waals surface area (Å²) in [6.07, 6.45) is 0.782. The van der Waals surface area contributed by atoms with E-state index in [1.165, 1.54) is 6.07 Å². The lowest BCUT2D eigenvalue weighted by atomic mass is 9.97. The van der Waals surface area contributed by atoms with Gasteiger partial charge in [-0.05, 0) is 24.5 Å². The summed E-state index contributed by atoms with van der Waals surface area (Å²) in [5.74, 6) is 0.492. The largest absolute Gasteiger partial charge is 0.506 e. The van der Waals surface area contributed by atoms with Gasteiger partial charge in [0.15, 0.2) is 0 Å². The molecule has 3 N–H and O–H groups in total. The summed E-state index contributed by atoms with van der Waals surface area (Å²) in [7, 11) is 0. The summed E-state index contributed by atoms with van der Waals surface area (Å²) in [6.45, 7) is 4.14.